The number of benzene rings is 2. The van der Waals surface area contributed by atoms with Crippen LogP contribution in [-0.2, 0) is 0 Å². The first-order valence-electron chi connectivity index (χ1n) is 6.47. The number of halogens is 1. The van der Waals surface area contributed by atoms with Crippen LogP contribution in [0.5, 0.6) is 11.5 Å². The molecule has 0 unspecified atom stereocenters. The van der Waals surface area contributed by atoms with Gasteiger partial charge in [-0.1, -0.05) is 29.8 Å². The quantitative estimate of drug-likeness (QED) is 0.778. The van der Waals surface area contributed by atoms with Gasteiger partial charge in [-0.3, -0.25) is 4.79 Å². The highest BCUT2D eigenvalue weighted by Gasteiger charge is 2.11. The van der Waals surface area contributed by atoms with E-state index in [1.54, 1.807) is 12.1 Å². The number of nitrogens with one attached hydrogen (secondary N) is 1. The van der Waals surface area contributed by atoms with Crippen LogP contribution in [0.2, 0.25) is 5.02 Å². The molecule has 1 N–H and O–H groups in total. The highest BCUT2D eigenvalue weighted by Crippen LogP contribution is 2.34. The normalized spacial score (nSPS) is 10.8. The Balaban J connectivity index is 2.15. The van der Waals surface area contributed by atoms with Gasteiger partial charge in [0.25, 0.3) is 5.56 Å². The summed E-state index contributed by atoms with van der Waals surface area (Å²) in [4.78, 5) is 18.5. The molecule has 0 fully saturated rings. The average molecular weight is 301 g/mol. The smallest absolute Gasteiger partial charge is 0.258 e. The Morgan fingerprint density at radius 1 is 1.19 bits per heavy atom. The first-order valence-corrected chi connectivity index (χ1v) is 6.85. The van der Waals surface area contributed by atoms with E-state index >= 15 is 0 Å². The van der Waals surface area contributed by atoms with Gasteiger partial charge in [0.15, 0.2) is 0 Å². The highest BCUT2D eigenvalue weighted by atomic mass is 35.5. The van der Waals surface area contributed by atoms with Crippen molar-refractivity contribution >= 4 is 22.5 Å². The molecule has 1 heterocycles. The molecule has 0 aliphatic heterocycles. The summed E-state index contributed by atoms with van der Waals surface area (Å²) in [5.41, 5.74) is 2.33. The van der Waals surface area contributed by atoms with Gasteiger partial charge in [0.2, 0.25) is 0 Å². The lowest BCUT2D eigenvalue weighted by Crippen LogP contribution is -2.06. The molecule has 0 aliphatic rings. The van der Waals surface area contributed by atoms with Gasteiger partial charge >= 0.3 is 0 Å². The SMILES string of the molecule is Cc1cccc(C)c1Oc1cc2c(=O)[nH]cnc2cc1Cl. The van der Waals surface area contributed by atoms with Crippen molar-refractivity contribution < 1.29 is 4.74 Å². The molecule has 4 nitrogen and oxygen atoms in total. The highest BCUT2D eigenvalue weighted by molar-refractivity contribution is 6.32. The van der Waals surface area contributed by atoms with Crippen molar-refractivity contribution in [1.29, 1.82) is 0 Å². The maximum absolute atomic E-state index is 11.8. The summed E-state index contributed by atoms with van der Waals surface area (Å²) in [5, 5.41) is 0.867. The van der Waals surface area contributed by atoms with Crippen LogP contribution in [0.15, 0.2) is 41.5 Å². The van der Waals surface area contributed by atoms with Crippen LogP contribution >= 0.6 is 11.6 Å². The Labute approximate surface area is 126 Å². The Hall–Kier alpha value is -2.33. The second kappa shape index (κ2) is 5.22. The molecular formula is C16H13ClN2O2. The molecule has 0 saturated heterocycles. The van der Waals surface area contributed by atoms with Crippen LogP contribution in [-0.4, -0.2) is 9.97 Å². The number of aryl methyl sites for hydroxylation is 2. The van der Waals surface area contributed by atoms with Crippen LogP contribution in [0.3, 0.4) is 0 Å². The number of fused-ring (bicyclic) bond motifs is 1. The fourth-order valence-corrected chi connectivity index (χ4v) is 2.41. The predicted octanol–water partition coefficient (Wildman–Crippen LogP) is 3.99. The lowest BCUT2D eigenvalue weighted by atomic mass is 10.1. The van der Waals surface area contributed by atoms with Crippen molar-refractivity contribution in [2.24, 2.45) is 0 Å². The largest absolute Gasteiger partial charge is 0.455 e. The minimum Gasteiger partial charge on any atom is -0.455 e. The van der Waals surface area contributed by atoms with Gasteiger partial charge in [0, 0.05) is 0 Å². The Bertz CT molecular complexity index is 867. The fourth-order valence-electron chi connectivity index (χ4n) is 2.22. The van der Waals surface area contributed by atoms with E-state index in [2.05, 4.69) is 9.97 Å². The second-order valence-corrected chi connectivity index (χ2v) is 5.26. The standard InChI is InChI=1S/C16H13ClN2O2/c1-9-4-3-5-10(2)15(9)21-14-6-11-13(7-12(14)17)18-8-19-16(11)20/h3-8H,1-2H3,(H,18,19,20). The zero-order valence-corrected chi connectivity index (χ0v) is 12.4. The van der Waals surface area contributed by atoms with Crippen LogP contribution in [0, 0.1) is 13.8 Å². The molecule has 2 aromatic carbocycles. The van der Waals surface area contributed by atoms with E-state index in [-0.39, 0.29) is 5.56 Å². The minimum absolute atomic E-state index is 0.219. The maximum atomic E-state index is 11.8. The zero-order chi connectivity index (χ0) is 15.0. The number of nitrogens with zero attached hydrogens (tertiary/aromatic N) is 1. The van der Waals surface area contributed by atoms with Gasteiger partial charge in [0.05, 0.1) is 22.3 Å². The first kappa shape index (κ1) is 13.6. The van der Waals surface area contributed by atoms with E-state index in [1.807, 2.05) is 32.0 Å². The van der Waals surface area contributed by atoms with Crippen molar-refractivity contribution in [3.8, 4) is 11.5 Å². The number of aromatic amines is 1. The molecule has 3 rings (SSSR count). The number of hydrogen-bond acceptors (Lipinski definition) is 3. The number of ether oxygens (including phenoxy) is 1. The van der Waals surface area contributed by atoms with Crippen molar-refractivity contribution in [1.82, 2.24) is 9.97 Å². The number of para-hydroxylation sites is 1. The third-order valence-corrected chi connectivity index (χ3v) is 3.61. The van der Waals surface area contributed by atoms with Crippen LogP contribution < -0.4 is 10.3 Å². The van der Waals surface area contributed by atoms with E-state index in [9.17, 15) is 4.79 Å². The third kappa shape index (κ3) is 2.50. The molecule has 0 spiro atoms. The molecule has 0 atom stereocenters. The molecule has 5 heteroatoms. The van der Waals surface area contributed by atoms with Crippen LogP contribution in [0.1, 0.15) is 11.1 Å². The van der Waals surface area contributed by atoms with Gasteiger partial charge in [0.1, 0.15) is 11.5 Å². The van der Waals surface area contributed by atoms with Gasteiger partial charge in [-0.05, 0) is 37.1 Å². The zero-order valence-electron chi connectivity index (χ0n) is 11.6. The fraction of sp³-hybridized carbons (Fsp3) is 0.125. The molecule has 0 radical (unpaired) electrons. The number of rotatable bonds is 2. The van der Waals surface area contributed by atoms with Gasteiger partial charge in [-0.15, -0.1) is 0 Å². The molecule has 0 saturated carbocycles. The molecule has 1 aromatic heterocycles. The van der Waals surface area contributed by atoms with Crippen molar-refractivity contribution in [3.63, 3.8) is 0 Å². The van der Waals surface area contributed by atoms with Gasteiger partial charge in [-0.2, -0.15) is 0 Å². The molecule has 0 bridgehead atoms. The van der Waals surface area contributed by atoms with E-state index < -0.39 is 0 Å². The Morgan fingerprint density at radius 2 is 1.90 bits per heavy atom. The molecular weight excluding hydrogens is 288 g/mol. The Morgan fingerprint density at radius 3 is 2.62 bits per heavy atom. The summed E-state index contributed by atoms with van der Waals surface area (Å²) in [5.74, 6) is 1.19. The second-order valence-electron chi connectivity index (χ2n) is 4.85. The van der Waals surface area contributed by atoms with Crippen molar-refractivity contribution in [3.05, 3.63) is 63.2 Å². The van der Waals surface area contributed by atoms with Crippen molar-refractivity contribution in [2.75, 3.05) is 0 Å². The van der Waals surface area contributed by atoms with Crippen LogP contribution in [0.4, 0.5) is 0 Å². The van der Waals surface area contributed by atoms with Crippen LogP contribution in [0.25, 0.3) is 10.9 Å². The summed E-state index contributed by atoms with van der Waals surface area (Å²) in [6.45, 7) is 3.93. The molecule has 0 aliphatic carbocycles. The molecule has 21 heavy (non-hydrogen) atoms. The number of aromatic nitrogens is 2. The minimum atomic E-state index is -0.219. The summed E-state index contributed by atoms with van der Waals surface area (Å²) >= 11 is 6.23. The van der Waals surface area contributed by atoms with E-state index in [0.717, 1.165) is 16.9 Å². The summed E-state index contributed by atoms with van der Waals surface area (Å²) < 4.78 is 5.92. The summed E-state index contributed by atoms with van der Waals surface area (Å²) in [6.07, 6.45) is 1.35. The summed E-state index contributed by atoms with van der Waals surface area (Å²) in [7, 11) is 0. The first-order chi connectivity index (χ1) is 10.1. The number of hydrogen-bond donors (Lipinski definition) is 1. The topological polar surface area (TPSA) is 55.0 Å². The molecule has 3 aromatic rings. The van der Waals surface area contributed by atoms with E-state index in [0.29, 0.717) is 21.7 Å². The van der Waals surface area contributed by atoms with Gasteiger partial charge in [-0.25, -0.2) is 4.98 Å². The van der Waals surface area contributed by atoms with E-state index in [1.165, 1.54) is 6.33 Å². The lowest BCUT2D eigenvalue weighted by Gasteiger charge is -2.13. The monoisotopic (exact) mass is 300 g/mol. The number of H-pyrrole nitrogens is 1. The molecule has 106 valence electrons. The van der Waals surface area contributed by atoms with Gasteiger partial charge < -0.3 is 9.72 Å². The predicted molar refractivity (Wildman–Crippen MR) is 83.4 cm³/mol. The Kier molecular flexibility index (Phi) is 3.39. The molecule has 0 amide bonds. The maximum Gasteiger partial charge on any atom is 0.258 e. The van der Waals surface area contributed by atoms with E-state index in [4.69, 9.17) is 16.3 Å². The lowest BCUT2D eigenvalue weighted by molar-refractivity contribution is 0.476. The summed E-state index contributed by atoms with van der Waals surface area (Å²) in [6, 6.07) is 9.15. The van der Waals surface area contributed by atoms with Crippen molar-refractivity contribution in [2.45, 2.75) is 13.8 Å². The average Bonchev–Trinajstić information content (AvgIpc) is 2.44. The third-order valence-electron chi connectivity index (χ3n) is 3.31.